The van der Waals surface area contributed by atoms with E-state index in [4.69, 9.17) is 0 Å². The average Bonchev–Trinajstić information content (AvgIpc) is 3.36. The molecule has 0 radical (unpaired) electrons. The van der Waals surface area contributed by atoms with Crippen molar-refractivity contribution in [3.8, 4) is 0 Å². The lowest BCUT2D eigenvalue weighted by Gasteiger charge is -2.31. The van der Waals surface area contributed by atoms with E-state index in [1.54, 1.807) is 0 Å². The molecule has 2 fully saturated rings. The number of nitrogens with zero attached hydrogens (tertiary/aromatic N) is 3. The number of amides is 1. The monoisotopic (exact) mass is 342 g/mol. The Kier molecular flexibility index (Phi) is 4.58. The van der Waals surface area contributed by atoms with Gasteiger partial charge in [-0.25, -0.2) is 0 Å². The second-order valence-corrected chi connectivity index (χ2v) is 7.75. The molecule has 1 N–H and O–H groups in total. The number of aromatic nitrogens is 2. The van der Waals surface area contributed by atoms with Gasteiger partial charge in [0.1, 0.15) is 5.01 Å². The number of anilines is 1. The molecule has 2 aromatic rings. The SMILES string of the molecule is O=C(Nc1nnc(C2CC2)s1)C1CCN(Cc2ccccc2)CC1. The first-order chi connectivity index (χ1) is 11.8. The first-order valence-electron chi connectivity index (χ1n) is 8.68. The third-order valence-corrected chi connectivity index (χ3v) is 5.81. The summed E-state index contributed by atoms with van der Waals surface area (Å²) < 4.78 is 0. The maximum Gasteiger partial charge on any atom is 0.229 e. The fraction of sp³-hybridized carbons (Fsp3) is 0.500. The molecule has 0 unspecified atom stereocenters. The van der Waals surface area contributed by atoms with Crippen LogP contribution in [0.3, 0.4) is 0 Å². The number of hydrogen-bond donors (Lipinski definition) is 1. The van der Waals surface area contributed by atoms with Crippen molar-refractivity contribution >= 4 is 22.4 Å². The van der Waals surface area contributed by atoms with Gasteiger partial charge in [0.05, 0.1) is 0 Å². The molecule has 1 aromatic carbocycles. The molecule has 1 aliphatic heterocycles. The highest BCUT2D eigenvalue weighted by Crippen LogP contribution is 2.42. The Hall–Kier alpha value is -1.79. The lowest BCUT2D eigenvalue weighted by atomic mass is 9.95. The highest BCUT2D eigenvalue weighted by Gasteiger charge is 2.29. The molecule has 0 bridgehead atoms. The van der Waals surface area contributed by atoms with Crippen molar-refractivity contribution < 1.29 is 4.79 Å². The summed E-state index contributed by atoms with van der Waals surface area (Å²) in [5.74, 6) is 0.785. The van der Waals surface area contributed by atoms with Crippen LogP contribution in [0, 0.1) is 5.92 Å². The Morgan fingerprint density at radius 3 is 2.58 bits per heavy atom. The van der Waals surface area contributed by atoms with E-state index in [0.29, 0.717) is 11.0 Å². The van der Waals surface area contributed by atoms with E-state index >= 15 is 0 Å². The topological polar surface area (TPSA) is 58.1 Å². The van der Waals surface area contributed by atoms with Crippen LogP contribution in [0.25, 0.3) is 0 Å². The van der Waals surface area contributed by atoms with Gasteiger partial charge in [-0.15, -0.1) is 10.2 Å². The van der Waals surface area contributed by atoms with Crippen LogP contribution < -0.4 is 5.32 Å². The summed E-state index contributed by atoms with van der Waals surface area (Å²) in [6.45, 7) is 2.91. The molecule has 0 spiro atoms. The van der Waals surface area contributed by atoms with Crippen LogP contribution in [0.4, 0.5) is 5.13 Å². The van der Waals surface area contributed by atoms with E-state index in [1.807, 2.05) is 6.07 Å². The Balaban J connectivity index is 1.26. The zero-order chi connectivity index (χ0) is 16.4. The minimum atomic E-state index is 0.0882. The molecular weight excluding hydrogens is 320 g/mol. The summed E-state index contributed by atoms with van der Waals surface area (Å²) in [7, 11) is 0. The van der Waals surface area contributed by atoms with E-state index in [1.165, 1.54) is 29.7 Å². The molecule has 6 heteroatoms. The standard InChI is InChI=1S/C18H22N4OS/c23-16(19-18-21-20-17(24-18)15-6-7-15)14-8-10-22(11-9-14)12-13-4-2-1-3-5-13/h1-5,14-15H,6-12H2,(H,19,21,23). The van der Waals surface area contributed by atoms with Crippen LogP contribution in [0.1, 0.15) is 42.2 Å². The number of carbonyl (C=O) groups excluding carboxylic acids is 1. The second kappa shape index (κ2) is 6.99. The van der Waals surface area contributed by atoms with Crippen molar-refractivity contribution in [2.75, 3.05) is 18.4 Å². The van der Waals surface area contributed by atoms with Crippen LogP contribution in [0.5, 0.6) is 0 Å². The number of carbonyl (C=O) groups is 1. The van der Waals surface area contributed by atoms with Crippen LogP contribution in [0.15, 0.2) is 30.3 Å². The number of hydrogen-bond acceptors (Lipinski definition) is 5. The quantitative estimate of drug-likeness (QED) is 0.906. The van der Waals surface area contributed by atoms with Crippen molar-refractivity contribution in [3.05, 3.63) is 40.9 Å². The normalized spacial score (nSPS) is 19.3. The van der Waals surface area contributed by atoms with Gasteiger partial charge < -0.3 is 5.32 Å². The third kappa shape index (κ3) is 3.82. The van der Waals surface area contributed by atoms with Gasteiger partial charge in [-0.3, -0.25) is 9.69 Å². The fourth-order valence-electron chi connectivity index (χ4n) is 3.18. The largest absolute Gasteiger partial charge is 0.300 e. The van der Waals surface area contributed by atoms with E-state index in [-0.39, 0.29) is 11.8 Å². The van der Waals surface area contributed by atoms with Gasteiger partial charge in [0.25, 0.3) is 0 Å². The molecule has 1 saturated carbocycles. The molecule has 0 atom stereocenters. The molecule has 126 valence electrons. The van der Waals surface area contributed by atoms with Gasteiger partial charge >= 0.3 is 0 Å². The van der Waals surface area contributed by atoms with Crippen molar-refractivity contribution in [1.82, 2.24) is 15.1 Å². The number of rotatable bonds is 5. The highest BCUT2D eigenvalue weighted by molar-refractivity contribution is 7.15. The average molecular weight is 342 g/mol. The van der Waals surface area contributed by atoms with Gasteiger partial charge in [-0.1, -0.05) is 41.7 Å². The molecule has 1 amide bonds. The first-order valence-corrected chi connectivity index (χ1v) is 9.50. The predicted octanol–water partition coefficient (Wildman–Crippen LogP) is 3.27. The van der Waals surface area contributed by atoms with E-state index in [0.717, 1.165) is 37.5 Å². The summed E-state index contributed by atoms with van der Waals surface area (Å²) in [5.41, 5.74) is 1.34. The van der Waals surface area contributed by atoms with Gasteiger partial charge in [-0.2, -0.15) is 0 Å². The minimum Gasteiger partial charge on any atom is -0.300 e. The predicted molar refractivity (Wildman–Crippen MR) is 95.0 cm³/mol. The van der Waals surface area contributed by atoms with Crippen LogP contribution in [0.2, 0.25) is 0 Å². The lowest BCUT2D eigenvalue weighted by Crippen LogP contribution is -2.37. The van der Waals surface area contributed by atoms with Crippen LogP contribution in [-0.4, -0.2) is 34.1 Å². The first kappa shape index (κ1) is 15.7. The van der Waals surface area contributed by atoms with E-state index < -0.39 is 0 Å². The Morgan fingerprint density at radius 1 is 1.12 bits per heavy atom. The Bertz CT molecular complexity index is 690. The summed E-state index contributed by atoms with van der Waals surface area (Å²) in [5, 5.41) is 13.0. The summed E-state index contributed by atoms with van der Waals surface area (Å²) in [6, 6.07) is 10.5. The van der Waals surface area contributed by atoms with Crippen molar-refractivity contribution in [2.24, 2.45) is 5.92 Å². The van der Waals surface area contributed by atoms with Crippen molar-refractivity contribution in [3.63, 3.8) is 0 Å². The summed E-state index contributed by atoms with van der Waals surface area (Å²) in [6.07, 6.45) is 4.24. The van der Waals surface area contributed by atoms with Crippen molar-refractivity contribution in [1.29, 1.82) is 0 Å². The molecule has 1 saturated heterocycles. The highest BCUT2D eigenvalue weighted by atomic mass is 32.1. The summed E-state index contributed by atoms with van der Waals surface area (Å²) in [4.78, 5) is 14.9. The molecule has 1 aromatic heterocycles. The lowest BCUT2D eigenvalue weighted by molar-refractivity contribution is -0.121. The van der Waals surface area contributed by atoms with E-state index in [2.05, 4.69) is 44.7 Å². The van der Waals surface area contributed by atoms with Crippen molar-refractivity contribution in [2.45, 2.75) is 38.1 Å². The fourth-order valence-corrected chi connectivity index (χ4v) is 4.10. The maximum absolute atomic E-state index is 12.4. The molecule has 4 rings (SSSR count). The number of likely N-dealkylation sites (tertiary alicyclic amines) is 1. The molecule has 5 nitrogen and oxygen atoms in total. The van der Waals surface area contributed by atoms with Gasteiger partial charge in [0, 0.05) is 18.4 Å². The molecule has 24 heavy (non-hydrogen) atoms. The third-order valence-electron chi connectivity index (χ3n) is 4.80. The Labute approximate surface area is 146 Å². The smallest absolute Gasteiger partial charge is 0.229 e. The number of piperidine rings is 1. The minimum absolute atomic E-state index is 0.0882. The number of benzene rings is 1. The maximum atomic E-state index is 12.4. The molecule has 2 aliphatic rings. The summed E-state index contributed by atoms with van der Waals surface area (Å²) >= 11 is 1.53. The van der Waals surface area contributed by atoms with Crippen LogP contribution in [-0.2, 0) is 11.3 Å². The number of nitrogens with one attached hydrogen (secondary N) is 1. The zero-order valence-corrected chi connectivity index (χ0v) is 14.5. The van der Waals surface area contributed by atoms with Crippen LogP contribution >= 0.6 is 11.3 Å². The Morgan fingerprint density at radius 2 is 1.88 bits per heavy atom. The van der Waals surface area contributed by atoms with E-state index in [9.17, 15) is 4.79 Å². The van der Waals surface area contributed by atoms with Gasteiger partial charge in [0.2, 0.25) is 11.0 Å². The molecular formula is C18H22N4OS. The van der Waals surface area contributed by atoms with Gasteiger partial charge in [0.15, 0.2) is 0 Å². The molecule has 2 heterocycles. The van der Waals surface area contributed by atoms with Gasteiger partial charge in [-0.05, 0) is 44.3 Å². The second-order valence-electron chi connectivity index (χ2n) is 6.74. The molecule has 1 aliphatic carbocycles. The zero-order valence-electron chi connectivity index (χ0n) is 13.6.